The summed E-state index contributed by atoms with van der Waals surface area (Å²) >= 11 is 0. The largest absolute Gasteiger partial charge is 0.464 e. The predicted octanol–water partition coefficient (Wildman–Crippen LogP) is 3.88. The topological polar surface area (TPSA) is 47.6 Å². The Morgan fingerprint density at radius 1 is 1.17 bits per heavy atom. The predicted molar refractivity (Wildman–Crippen MR) is 93.4 cm³/mol. The van der Waals surface area contributed by atoms with Crippen LogP contribution in [0.25, 0.3) is 0 Å². The summed E-state index contributed by atoms with van der Waals surface area (Å²) in [4.78, 5) is 12.3. The molecule has 1 N–H and O–H groups in total. The summed E-state index contributed by atoms with van der Waals surface area (Å²) in [5.74, 6) is 0.985. The van der Waals surface area contributed by atoms with Crippen LogP contribution in [0.4, 0.5) is 0 Å². The summed E-state index contributed by atoms with van der Waals surface area (Å²) < 4.78 is 11.3. The Labute approximate surface area is 142 Å². The molecular formula is C20H23NO3. The molecule has 1 heterocycles. The lowest BCUT2D eigenvalue weighted by molar-refractivity contribution is -0.145. The highest BCUT2D eigenvalue weighted by molar-refractivity contribution is 5.77. The lowest BCUT2D eigenvalue weighted by atomic mass is 10.0. The van der Waals surface area contributed by atoms with Gasteiger partial charge in [-0.2, -0.15) is 0 Å². The minimum atomic E-state index is -0.314. The standard InChI is InChI=1S/C20H23NO3/c1-15(20(22)23-14-17-8-6-12-21-17)16-7-5-11-19(13-16)24-18-9-3-2-4-10-18/h2-5,7,9-11,13,15,17,21H,6,8,12,14H2,1H3. The van der Waals surface area contributed by atoms with E-state index < -0.39 is 0 Å². The summed E-state index contributed by atoms with van der Waals surface area (Å²) in [6.07, 6.45) is 2.22. The number of nitrogens with one attached hydrogen (secondary N) is 1. The molecule has 1 aliphatic rings. The van der Waals surface area contributed by atoms with Crippen LogP contribution >= 0.6 is 0 Å². The minimum absolute atomic E-state index is 0.194. The summed E-state index contributed by atoms with van der Waals surface area (Å²) in [6.45, 7) is 3.33. The van der Waals surface area contributed by atoms with Gasteiger partial charge < -0.3 is 14.8 Å². The molecule has 126 valence electrons. The third kappa shape index (κ3) is 4.36. The molecule has 0 aromatic heterocycles. The Kier molecular flexibility index (Phi) is 5.49. The molecule has 24 heavy (non-hydrogen) atoms. The molecule has 2 aromatic rings. The lowest BCUT2D eigenvalue weighted by Gasteiger charge is -2.15. The van der Waals surface area contributed by atoms with E-state index in [-0.39, 0.29) is 11.9 Å². The minimum Gasteiger partial charge on any atom is -0.464 e. The highest BCUT2D eigenvalue weighted by Gasteiger charge is 2.21. The SMILES string of the molecule is CC(C(=O)OCC1CCCN1)c1cccc(Oc2ccccc2)c1. The average Bonchev–Trinajstić information content (AvgIpc) is 3.14. The molecule has 1 aliphatic heterocycles. The Balaban J connectivity index is 1.60. The third-order valence-corrected chi connectivity index (χ3v) is 4.28. The van der Waals surface area contributed by atoms with Crippen LogP contribution in [0, 0.1) is 0 Å². The summed E-state index contributed by atoms with van der Waals surface area (Å²) in [7, 11) is 0. The van der Waals surface area contributed by atoms with Crippen LogP contribution in [-0.2, 0) is 9.53 Å². The second-order valence-corrected chi connectivity index (χ2v) is 6.13. The zero-order valence-electron chi connectivity index (χ0n) is 13.9. The van der Waals surface area contributed by atoms with Crippen molar-refractivity contribution in [2.45, 2.75) is 31.7 Å². The first-order valence-corrected chi connectivity index (χ1v) is 8.45. The summed E-state index contributed by atoms with van der Waals surface area (Å²) in [5, 5.41) is 3.33. The molecule has 4 nitrogen and oxygen atoms in total. The third-order valence-electron chi connectivity index (χ3n) is 4.28. The van der Waals surface area contributed by atoms with Crippen molar-refractivity contribution in [2.24, 2.45) is 0 Å². The molecule has 1 fully saturated rings. The molecular weight excluding hydrogens is 302 g/mol. The first-order chi connectivity index (χ1) is 11.7. The van der Waals surface area contributed by atoms with Crippen LogP contribution in [0.5, 0.6) is 11.5 Å². The van der Waals surface area contributed by atoms with Crippen LogP contribution in [0.3, 0.4) is 0 Å². The monoisotopic (exact) mass is 325 g/mol. The van der Waals surface area contributed by atoms with Crippen LogP contribution in [0.1, 0.15) is 31.2 Å². The highest BCUT2D eigenvalue weighted by Crippen LogP contribution is 2.26. The number of para-hydroxylation sites is 1. The van der Waals surface area contributed by atoms with Gasteiger partial charge in [-0.1, -0.05) is 30.3 Å². The first-order valence-electron chi connectivity index (χ1n) is 8.45. The Bertz CT molecular complexity index is 666. The first kappa shape index (κ1) is 16.5. The van der Waals surface area contributed by atoms with E-state index in [2.05, 4.69) is 5.32 Å². The van der Waals surface area contributed by atoms with Crippen molar-refractivity contribution in [1.82, 2.24) is 5.32 Å². The van der Waals surface area contributed by atoms with Gasteiger partial charge in [-0.05, 0) is 56.1 Å². The van der Waals surface area contributed by atoms with Crippen molar-refractivity contribution in [2.75, 3.05) is 13.2 Å². The molecule has 1 saturated heterocycles. The Hall–Kier alpha value is -2.33. The van der Waals surface area contributed by atoms with Crippen molar-refractivity contribution in [3.63, 3.8) is 0 Å². The van der Waals surface area contributed by atoms with E-state index in [1.165, 1.54) is 0 Å². The van der Waals surface area contributed by atoms with Crippen LogP contribution in [0.2, 0.25) is 0 Å². The molecule has 0 amide bonds. The fourth-order valence-corrected chi connectivity index (χ4v) is 2.81. The van der Waals surface area contributed by atoms with Gasteiger partial charge in [0.15, 0.2) is 0 Å². The van der Waals surface area contributed by atoms with Gasteiger partial charge in [0.1, 0.15) is 18.1 Å². The number of hydrogen-bond acceptors (Lipinski definition) is 4. The molecule has 0 bridgehead atoms. The van der Waals surface area contributed by atoms with Crippen molar-refractivity contribution < 1.29 is 14.3 Å². The van der Waals surface area contributed by atoms with Crippen molar-refractivity contribution in [1.29, 1.82) is 0 Å². The molecule has 0 spiro atoms. The van der Waals surface area contributed by atoms with Gasteiger partial charge in [-0.25, -0.2) is 0 Å². The Morgan fingerprint density at radius 3 is 2.71 bits per heavy atom. The van der Waals surface area contributed by atoms with E-state index in [0.29, 0.717) is 12.6 Å². The number of carbonyl (C=O) groups excluding carboxylic acids is 1. The molecule has 4 heteroatoms. The fraction of sp³-hybridized carbons (Fsp3) is 0.350. The quantitative estimate of drug-likeness (QED) is 0.819. The Morgan fingerprint density at radius 2 is 1.96 bits per heavy atom. The van der Waals surface area contributed by atoms with E-state index in [1.54, 1.807) is 0 Å². The molecule has 0 radical (unpaired) electrons. The molecule has 2 atom stereocenters. The number of rotatable bonds is 6. The highest BCUT2D eigenvalue weighted by atomic mass is 16.5. The molecule has 3 rings (SSSR count). The fourth-order valence-electron chi connectivity index (χ4n) is 2.81. The van der Waals surface area contributed by atoms with Gasteiger partial charge in [0.2, 0.25) is 0 Å². The maximum Gasteiger partial charge on any atom is 0.313 e. The van der Waals surface area contributed by atoms with Gasteiger partial charge >= 0.3 is 5.97 Å². The van der Waals surface area contributed by atoms with Crippen molar-refractivity contribution >= 4 is 5.97 Å². The van der Waals surface area contributed by atoms with Crippen molar-refractivity contribution in [3.8, 4) is 11.5 Å². The number of ether oxygens (including phenoxy) is 2. The van der Waals surface area contributed by atoms with Gasteiger partial charge in [-0.15, -0.1) is 0 Å². The molecule has 2 unspecified atom stereocenters. The number of benzene rings is 2. The van der Waals surface area contributed by atoms with Crippen LogP contribution in [0.15, 0.2) is 54.6 Å². The van der Waals surface area contributed by atoms with Gasteiger partial charge in [0.05, 0.1) is 5.92 Å². The second kappa shape index (κ2) is 7.97. The van der Waals surface area contributed by atoms with E-state index in [9.17, 15) is 4.79 Å². The zero-order valence-corrected chi connectivity index (χ0v) is 13.9. The van der Waals surface area contributed by atoms with Crippen molar-refractivity contribution in [3.05, 3.63) is 60.2 Å². The molecule has 0 saturated carbocycles. The summed E-state index contributed by atoms with van der Waals surface area (Å²) in [6, 6.07) is 17.5. The van der Waals surface area contributed by atoms with E-state index >= 15 is 0 Å². The van der Waals surface area contributed by atoms with Crippen LogP contribution in [-0.4, -0.2) is 25.2 Å². The smallest absolute Gasteiger partial charge is 0.313 e. The molecule has 2 aromatic carbocycles. The number of carbonyl (C=O) groups is 1. The molecule has 0 aliphatic carbocycles. The average molecular weight is 325 g/mol. The zero-order chi connectivity index (χ0) is 16.8. The maximum absolute atomic E-state index is 12.3. The lowest BCUT2D eigenvalue weighted by Crippen LogP contribution is -2.29. The van der Waals surface area contributed by atoms with Gasteiger partial charge in [-0.3, -0.25) is 4.79 Å². The van der Waals surface area contributed by atoms with E-state index in [1.807, 2.05) is 61.5 Å². The van der Waals surface area contributed by atoms with E-state index in [0.717, 1.165) is 36.4 Å². The number of esters is 1. The second-order valence-electron chi connectivity index (χ2n) is 6.13. The van der Waals surface area contributed by atoms with E-state index in [4.69, 9.17) is 9.47 Å². The number of hydrogen-bond donors (Lipinski definition) is 1. The van der Waals surface area contributed by atoms with Crippen LogP contribution < -0.4 is 10.1 Å². The summed E-state index contributed by atoms with van der Waals surface area (Å²) in [5.41, 5.74) is 0.896. The normalized spacial score (nSPS) is 18.1. The van der Waals surface area contributed by atoms with Gasteiger partial charge in [0.25, 0.3) is 0 Å². The maximum atomic E-state index is 12.3. The van der Waals surface area contributed by atoms with Gasteiger partial charge in [0, 0.05) is 6.04 Å².